The number of carbonyl (C=O) groups is 1. The van der Waals surface area contributed by atoms with Gasteiger partial charge in [0, 0.05) is 5.56 Å². The average molecular weight is 325 g/mol. The van der Waals surface area contributed by atoms with Gasteiger partial charge in [-0.1, -0.05) is 25.1 Å². The van der Waals surface area contributed by atoms with Crippen LogP contribution in [0.3, 0.4) is 0 Å². The molecule has 0 N–H and O–H groups in total. The zero-order chi connectivity index (χ0) is 17.1. The van der Waals surface area contributed by atoms with Crippen LogP contribution in [0.4, 0.5) is 0 Å². The van der Waals surface area contributed by atoms with Crippen molar-refractivity contribution < 1.29 is 19.2 Å². The predicted molar refractivity (Wildman–Crippen MR) is 87.9 cm³/mol. The van der Waals surface area contributed by atoms with E-state index in [0.29, 0.717) is 29.0 Å². The molecule has 1 aliphatic heterocycles. The van der Waals surface area contributed by atoms with Crippen molar-refractivity contribution in [1.82, 2.24) is 0 Å². The SMILES string of the molecule is CCCOc1ccc(C(=C2OC(=O)c3ccccc32)[N+](=O)[O-])cc1. The summed E-state index contributed by atoms with van der Waals surface area (Å²) in [5.41, 5.74) is 0.869. The number of rotatable bonds is 5. The molecule has 6 nitrogen and oxygen atoms in total. The van der Waals surface area contributed by atoms with Crippen molar-refractivity contribution in [3.8, 4) is 5.75 Å². The predicted octanol–water partition coefficient (Wildman–Crippen LogP) is 3.75. The maximum atomic E-state index is 11.9. The minimum atomic E-state index is -0.581. The topological polar surface area (TPSA) is 78.7 Å². The number of esters is 1. The molecule has 6 heteroatoms. The van der Waals surface area contributed by atoms with Crippen LogP contribution < -0.4 is 4.74 Å². The van der Waals surface area contributed by atoms with Crippen molar-refractivity contribution in [3.63, 3.8) is 0 Å². The van der Waals surface area contributed by atoms with E-state index in [1.54, 1.807) is 48.5 Å². The molecule has 0 aliphatic carbocycles. The normalized spacial score (nSPS) is 14.8. The molecule has 0 bridgehead atoms. The van der Waals surface area contributed by atoms with Gasteiger partial charge in [-0.25, -0.2) is 4.79 Å². The lowest BCUT2D eigenvalue weighted by Crippen LogP contribution is -2.03. The molecule has 1 heterocycles. The van der Waals surface area contributed by atoms with Gasteiger partial charge in [-0.05, 0) is 36.8 Å². The van der Waals surface area contributed by atoms with E-state index in [2.05, 4.69) is 0 Å². The number of fused-ring (bicyclic) bond motifs is 1. The van der Waals surface area contributed by atoms with E-state index in [1.807, 2.05) is 6.92 Å². The van der Waals surface area contributed by atoms with Gasteiger partial charge >= 0.3 is 11.7 Å². The summed E-state index contributed by atoms with van der Waals surface area (Å²) in [6.45, 7) is 2.57. The second-order valence-corrected chi connectivity index (χ2v) is 5.24. The van der Waals surface area contributed by atoms with Crippen LogP contribution in [0.5, 0.6) is 5.75 Å². The van der Waals surface area contributed by atoms with Gasteiger partial charge in [-0.15, -0.1) is 0 Å². The number of nitro groups is 1. The molecule has 0 saturated carbocycles. The summed E-state index contributed by atoms with van der Waals surface area (Å²) in [7, 11) is 0. The van der Waals surface area contributed by atoms with Crippen LogP contribution in [-0.4, -0.2) is 17.5 Å². The number of carbonyl (C=O) groups excluding carboxylic acids is 1. The Kier molecular flexibility index (Phi) is 4.29. The molecule has 0 spiro atoms. The third kappa shape index (κ3) is 2.86. The van der Waals surface area contributed by atoms with Crippen molar-refractivity contribution in [2.45, 2.75) is 13.3 Å². The van der Waals surface area contributed by atoms with E-state index in [9.17, 15) is 14.9 Å². The summed E-state index contributed by atoms with van der Waals surface area (Å²) in [5.74, 6) is 0.0304. The molecule has 0 atom stereocenters. The zero-order valence-corrected chi connectivity index (χ0v) is 13.0. The van der Waals surface area contributed by atoms with Gasteiger partial charge in [0.25, 0.3) is 0 Å². The Hall–Kier alpha value is -3.15. The highest BCUT2D eigenvalue weighted by Crippen LogP contribution is 2.36. The first-order chi connectivity index (χ1) is 11.6. The van der Waals surface area contributed by atoms with Gasteiger partial charge < -0.3 is 9.47 Å². The van der Waals surface area contributed by atoms with Crippen LogP contribution in [0.25, 0.3) is 11.5 Å². The van der Waals surface area contributed by atoms with Crippen LogP contribution >= 0.6 is 0 Å². The van der Waals surface area contributed by atoms with E-state index in [1.165, 1.54) is 0 Å². The smallest absolute Gasteiger partial charge is 0.344 e. The Labute approximate surface area is 138 Å². The molecule has 2 aromatic carbocycles. The fourth-order valence-corrected chi connectivity index (χ4v) is 2.49. The minimum Gasteiger partial charge on any atom is -0.494 e. The number of hydrogen-bond donors (Lipinski definition) is 0. The molecule has 3 rings (SSSR count). The molecular formula is C18H15NO5. The van der Waals surface area contributed by atoms with Crippen molar-refractivity contribution in [2.24, 2.45) is 0 Å². The summed E-state index contributed by atoms with van der Waals surface area (Å²) in [6, 6.07) is 13.1. The maximum absolute atomic E-state index is 11.9. The van der Waals surface area contributed by atoms with Gasteiger partial charge in [0.1, 0.15) is 5.75 Å². The summed E-state index contributed by atoms with van der Waals surface area (Å²) >= 11 is 0. The molecule has 24 heavy (non-hydrogen) atoms. The number of ether oxygens (including phenoxy) is 2. The maximum Gasteiger partial charge on any atom is 0.344 e. The molecule has 0 fully saturated rings. The minimum absolute atomic E-state index is 0.0252. The van der Waals surface area contributed by atoms with Crippen LogP contribution in [0.1, 0.15) is 34.8 Å². The Morgan fingerprint density at radius 1 is 1.12 bits per heavy atom. The molecule has 0 unspecified atom stereocenters. The number of hydrogen-bond acceptors (Lipinski definition) is 5. The largest absolute Gasteiger partial charge is 0.494 e. The molecule has 0 amide bonds. The molecule has 0 aromatic heterocycles. The van der Waals surface area contributed by atoms with Gasteiger partial charge in [-0.3, -0.25) is 10.1 Å². The molecular weight excluding hydrogens is 310 g/mol. The highest BCUT2D eigenvalue weighted by atomic mass is 16.6. The zero-order valence-electron chi connectivity index (χ0n) is 13.0. The third-order valence-corrected chi connectivity index (χ3v) is 3.58. The van der Waals surface area contributed by atoms with Gasteiger partial charge in [0.15, 0.2) is 0 Å². The highest BCUT2D eigenvalue weighted by molar-refractivity contribution is 6.06. The van der Waals surface area contributed by atoms with Crippen molar-refractivity contribution >= 4 is 17.4 Å². The summed E-state index contributed by atoms with van der Waals surface area (Å²) < 4.78 is 10.7. The van der Waals surface area contributed by atoms with E-state index in [-0.39, 0.29) is 11.5 Å². The average Bonchev–Trinajstić information content (AvgIpc) is 2.91. The van der Waals surface area contributed by atoms with Crippen LogP contribution in [0.15, 0.2) is 48.5 Å². The Bertz CT molecular complexity index is 824. The van der Waals surface area contributed by atoms with Crippen LogP contribution in [-0.2, 0) is 4.74 Å². The molecule has 122 valence electrons. The van der Waals surface area contributed by atoms with Crippen molar-refractivity contribution in [2.75, 3.05) is 6.61 Å². The fourth-order valence-electron chi connectivity index (χ4n) is 2.49. The quantitative estimate of drug-likeness (QED) is 0.475. The van der Waals surface area contributed by atoms with E-state index in [0.717, 1.165) is 6.42 Å². The molecule has 0 saturated heterocycles. The standard InChI is InChI=1S/C18H15NO5/c1-2-11-23-13-9-7-12(8-10-13)16(19(21)22)17-14-5-3-4-6-15(14)18(20)24-17/h3-10H,2,11H2,1H3. The Balaban J connectivity index is 2.06. The third-order valence-electron chi connectivity index (χ3n) is 3.58. The number of nitrogens with zero attached hydrogens (tertiary/aromatic N) is 1. The fraction of sp³-hybridized carbons (Fsp3) is 0.167. The lowest BCUT2D eigenvalue weighted by Gasteiger charge is -2.06. The molecule has 2 aromatic rings. The Morgan fingerprint density at radius 3 is 2.42 bits per heavy atom. The number of benzene rings is 2. The lowest BCUT2D eigenvalue weighted by molar-refractivity contribution is -0.375. The second-order valence-electron chi connectivity index (χ2n) is 5.24. The van der Waals surface area contributed by atoms with E-state index in [4.69, 9.17) is 9.47 Å². The number of cyclic esters (lactones) is 1. The van der Waals surface area contributed by atoms with Gasteiger partial charge in [-0.2, -0.15) is 0 Å². The molecule has 1 aliphatic rings. The van der Waals surface area contributed by atoms with E-state index < -0.39 is 10.9 Å². The van der Waals surface area contributed by atoms with Gasteiger partial charge in [0.05, 0.1) is 22.7 Å². The van der Waals surface area contributed by atoms with Crippen molar-refractivity contribution in [1.29, 1.82) is 0 Å². The van der Waals surface area contributed by atoms with Crippen LogP contribution in [0, 0.1) is 10.1 Å². The second kappa shape index (κ2) is 6.54. The monoisotopic (exact) mass is 325 g/mol. The first-order valence-electron chi connectivity index (χ1n) is 7.55. The first kappa shape index (κ1) is 15.7. The van der Waals surface area contributed by atoms with Gasteiger partial charge in [0.2, 0.25) is 5.76 Å². The summed E-state index contributed by atoms with van der Waals surface area (Å²) in [4.78, 5) is 23.0. The van der Waals surface area contributed by atoms with Crippen LogP contribution in [0.2, 0.25) is 0 Å². The van der Waals surface area contributed by atoms with E-state index >= 15 is 0 Å². The highest BCUT2D eigenvalue weighted by Gasteiger charge is 2.34. The summed E-state index contributed by atoms with van der Waals surface area (Å²) in [6.07, 6.45) is 0.874. The summed E-state index contributed by atoms with van der Waals surface area (Å²) in [5, 5.41) is 11.6. The van der Waals surface area contributed by atoms with Crippen molar-refractivity contribution in [3.05, 3.63) is 75.3 Å². The Morgan fingerprint density at radius 2 is 1.79 bits per heavy atom. The first-order valence-corrected chi connectivity index (χ1v) is 7.55. The lowest BCUT2D eigenvalue weighted by atomic mass is 10.0. The molecule has 0 radical (unpaired) electrons.